The van der Waals surface area contributed by atoms with E-state index in [1.165, 1.54) is 17.7 Å². The molecule has 4 heterocycles. The lowest BCUT2D eigenvalue weighted by Gasteiger charge is -2.20. The maximum absolute atomic E-state index is 13.1. The molecule has 1 saturated heterocycles. The van der Waals surface area contributed by atoms with Crippen molar-refractivity contribution in [2.24, 2.45) is 0 Å². The molecule has 0 N–H and O–H groups in total. The Hall–Kier alpha value is -2.21. The zero-order valence-electron chi connectivity index (χ0n) is 14.4. The van der Waals surface area contributed by atoms with Gasteiger partial charge in [-0.15, -0.1) is 11.3 Å². The highest BCUT2D eigenvalue weighted by atomic mass is 32.1. The molecule has 1 aliphatic heterocycles. The summed E-state index contributed by atoms with van der Waals surface area (Å²) in [5.74, 6) is 0.119. The van der Waals surface area contributed by atoms with Crippen molar-refractivity contribution in [3.05, 3.63) is 45.9 Å². The molecule has 4 rings (SSSR count). The number of aryl methyl sites for hydroxylation is 1. The Kier molecular flexibility index (Phi) is 4.53. The van der Waals surface area contributed by atoms with E-state index in [2.05, 4.69) is 21.5 Å². The predicted molar refractivity (Wildman–Crippen MR) is 100 cm³/mol. The molecule has 0 unspecified atom stereocenters. The first kappa shape index (κ1) is 16.3. The number of rotatable bonds is 3. The number of likely N-dealkylation sites (tertiary alicyclic amines) is 1. The van der Waals surface area contributed by atoms with Gasteiger partial charge in [0.1, 0.15) is 0 Å². The molecule has 1 amide bonds. The number of hydrogen-bond acceptors (Lipinski definition) is 4. The predicted octanol–water partition coefficient (Wildman–Crippen LogP) is 3.87. The number of hydrogen-bond donors (Lipinski definition) is 0. The van der Waals surface area contributed by atoms with E-state index in [1.54, 1.807) is 17.5 Å². The minimum Gasteiger partial charge on any atom is -0.339 e. The molecule has 0 radical (unpaired) electrons. The van der Waals surface area contributed by atoms with Crippen LogP contribution in [0.1, 0.15) is 46.6 Å². The fourth-order valence-corrected chi connectivity index (χ4v) is 4.15. The Balaban J connectivity index is 1.71. The molecule has 3 aromatic rings. The van der Waals surface area contributed by atoms with Crippen molar-refractivity contribution < 1.29 is 4.79 Å². The Morgan fingerprint density at radius 3 is 2.76 bits per heavy atom. The number of aromatic nitrogens is 3. The second kappa shape index (κ2) is 6.96. The van der Waals surface area contributed by atoms with E-state index in [1.807, 2.05) is 28.6 Å². The van der Waals surface area contributed by atoms with Crippen molar-refractivity contribution in [1.82, 2.24) is 19.7 Å². The second-order valence-corrected chi connectivity index (χ2v) is 7.67. The largest absolute Gasteiger partial charge is 0.339 e. The van der Waals surface area contributed by atoms with Gasteiger partial charge in [0, 0.05) is 23.7 Å². The van der Waals surface area contributed by atoms with E-state index >= 15 is 0 Å². The van der Waals surface area contributed by atoms with Gasteiger partial charge in [0.15, 0.2) is 5.65 Å². The molecule has 130 valence electrons. The third kappa shape index (κ3) is 3.31. The Morgan fingerprint density at radius 1 is 1.24 bits per heavy atom. The standard InChI is InChI=1S/C19H22N4OS/c1-14-11-16(19(24)22-8-4-2-3-5-9-22)17-12-20-23(18(17)21-14)13-15-7-6-10-25-15/h6-7,10-12H,2-5,8-9,13H2,1H3. The van der Waals surface area contributed by atoms with Gasteiger partial charge in [-0.2, -0.15) is 5.10 Å². The summed E-state index contributed by atoms with van der Waals surface area (Å²) < 4.78 is 1.90. The van der Waals surface area contributed by atoms with Crippen molar-refractivity contribution >= 4 is 28.3 Å². The van der Waals surface area contributed by atoms with Crippen LogP contribution in [0.5, 0.6) is 0 Å². The molecule has 0 saturated carbocycles. The molecule has 0 atom stereocenters. The lowest BCUT2D eigenvalue weighted by atomic mass is 10.1. The molecule has 0 aromatic carbocycles. The number of nitrogens with zero attached hydrogens (tertiary/aromatic N) is 4. The van der Waals surface area contributed by atoms with Crippen LogP contribution in [0.4, 0.5) is 0 Å². The van der Waals surface area contributed by atoms with Gasteiger partial charge >= 0.3 is 0 Å². The van der Waals surface area contributed by atoms with Crippen LogP contribution in [0.3, 0.4) is 0 Å². The average Bonchev–Trinajstić information content (AvgIpc) is 3.17. The summed E-state index contributed by atoms with van der Waals surface area (Å²) in [4.78, 5) is 21.0. The van der Waals surface area contributed by atoms with Crippen molar-refractivity contribution in [1.29, 1.82) is 0 Å². The highest BCUT2D eigenvalue weighted by molar-refractivity contribution is 7.09. The lowest BCUT2D eigenvalue weighted by Crippen LogP contribution is -2.32. The first-order chi connectivity index (χ1) is 12.2. The summed E-state index contributed by atoms with van der Waals surface area (Å²) in [5.41, 5.74) is 2.40. The maximum atomic E-state index is 13.1. The highest BCUT2D eigenvalue weighted by Crippen LogP contribution is 2.23. The molecule has 1 aliphatic rings. The smallest absolute Gasteiger partial charge is 0.254 e. The van der Waals surface area contributed by atoms with Gasteiger partial charge in [-0.05, 0) is 37.3 Å². The summed E-state index contributed by atoms with van der Waals surface area (Å²) in [6.45, 7) is 4.34. The molecule has 25 heavy (non-hydrogen) atoms. The van der Waals surface area contributed by atoms with Crippen molar-refractivity contribution in [2.75, 3.05) is 13.1 Å². The number of pyridine rings is 1. The van der Waals surface area contributed by atoms with Crippen LogP contribution in [0, 0.1) is 6.92 Å². The SMILES string of the molecule is Cc1cc(C(=O)N2CCCCCC2)c2cnn(Cc3cccs3)c2n1. The minimum absolute atomic E-state index is 0.119. The van der Waals surface area contributed by atoms with Crippen LogP contribution in [0.25, 0.3) is 11.0 Å². The molecule has 6 heteroatoms. The quantitative estimate of drug-likeness (QED) is 0.717. The van der Waals surface area contributed by atoms with E-state index in [0.29, 0.717) is 6.54 Å². The van der Waals surface area contributed by atoms with E-state index in [-0.39, 0.29) is 5.91 Å². The molecular formula is C19H22N4OS. The van der Waals surface area contributed by atoms with E-state index < -0.39 is 0 Å². The molecular weight excluding hydrogens is 332 g/mol. The number of carbonyl (C=O) groups excluding carboxylic acids is 1. The fourth-order valence-electron chi connectivity index (χ4n) is 3.46. The van der Waals surface area contributed by atoms with E-state index in [0.717, 1.165) is 48.2 Å². The Bertz CT molecular complexity index is 876. The zero-order chi connectivity index (χ0) is 17.2. The first-order valence-corrected chi connectivity index (χ1v) is 9.75. The molecule has 0 bridgehead atoms. The molecule has 0 aliphatic carbocycles. The van der Waals surface area contributed by atoms with Crippen LogP contribution >= 0.6 is 11.3 Å². The van der Waals surface area contributed by atoms with Crippen molar-refractivity contribution in [3.8, 4) is 0 Å². The molecule has 1 fully saturated rings. The normalized spacial score (nSPS) is 15.5. The van der Waals surface area contributed by atoms with Gasteiger partial charge in [0.05, 0.1) is 23.7 Å². The number of fused-ring (bicyclic) bond motifs is 1. The van der Waals surface area contributed by atoms with Gasteiger partial charge in [0.25, 0.3) is 5.91 Å². The molecule has 0 spiro atoms. The topological polar surface area (TPSA) is 51.0 Å². The number of amides is 1. The van der Waals surface area contributed by atoms with Crippen LogP contribution in [0.15, 0.2) is 29.8 Å². The number of carbonyl (C=O) groups is 1. The molecule has 5 nitrogen and oxygen atoms in total. The van der Waals surface area contributed by atoms with Crippen LogP contribution < -0.4 is 0 Å². The summed E-state index contributed by atoms with van der Waals surface area (Å²) >= 11 is 1.71. The van der Waals surface area contributed by atoms with Crippen molar-refractivity contribution in [3.63, 3.8) is 0 Å². The van der Waals surface area contributed by atoms with Gasteiger partial charge in [-0.25, -0.2) is 9.67 Å². The van der Waals surface area contributed by atoms with Crippen molar-refractivity contribution in [2.45, 2.75) is 39.2 Å². The summed E-state index contributed by atoms with van der Waals surface area (Å²) in [7, 11) is 0. The minimum atomic E-state index is 0.119. The van der Waals surface area contributed by atoms with E-state index in [9.17, 15) is 4.79 Å². The maximum Gasteiger partial charge on any atom is 0.254 e. The van der Waals surface area contributed by atoms with Gasteiger partial charge in [-0.1, -0.05) is 18.9 Å². The monoisotopic (exact) mass is 354 g/mol. The Labute approximate surface area is 151 Å². The summed E-state index contributed by atoms with van der Waals surface area (Å²) in [6, 6.07) is 6.04. The van der Waals surface area contributed by atoms with Gasteiger partial charge in [-0.3, -0.25) is 4.79 Å². The third-order valence-corrected chi connectivity index (χ3v) is 5.61. The van der Waals surface area contributed by atoms with E-state index in [4.69, 9.17) is 0 Å². The van der Waals surface area contributed by atoms with Crippen LogP contribution in [0.2, 0.25) is 0 Å². The second-order valence-electron chi connectivity index (χ2n) is 6.64. The first-order valence-electron chi connectivity index (χ1n) is 8.87. The van der Waals surface area contributed by atoms with Crippen LogP contribution in [-0.2, 0) is 6.54 Å². The molecule has 3 aromatic heterocycles. The van der Waals surface area contributed by atoms with Crippen LogP contribution in [-0.4, -0.2) is 38.7 Å². The van der Waals surface area contributed by atoms with Gasteiger partial charge < -0.3 is 4.90 Å². The fraction of sp³-hybridized carbons (Fsp3) is 0.421. The Morgan fingerprint density at radius 2 is 2.04 bits per heavy atom. The average molecular weight is 354 g/mol. The zero-order valence-corrected chi connectivity index (χ0v) is 15.3. The highest BCUT2D eigenvalue weighted by Gasteiger charge is 2.22. The number of thiophene rings is 1. The third-order valence-electron chi connectivity index (χ3n) is 4.75. The van der Waals surface area contributed by atoms with Gasteiger partial charge in [0.2, 0.25) is 0 Å². The summed E-state index contributed by atoms with van der Waals surface area (Å²) in [5, 5.41) is 7.43. The lowest BCUT2D eigenvalue weighted by molar-refractivity contribution is 0.0763. The summed E-state index contributed by atoms with van der Waals surface area (Å²) in [6.07, 6.45) is 6.41.